The fourth-order valence-electron chi connectivity index (χ4n) is 3.45. The third-order valence-corrected chi connectivity index (χ3v) is 10.6. The lowest BCUT2D eigenvalue weighted by molar-refractivity contribution is -0.119. The molecule has 26 heavy (non-hydrogen) atoms. The number of pyridine rings is 1. The van der Waals surface area contributed by atoms with Crippen LogP contribution in [0, 0.1) is 0 Å². The van der Waals surface area contributed by atoms with Crippen LogP contribution in [-0.2, 0) is 9.22 Å². The summed E-state index contributed by atoms with van der Waals surface area (Å²) in [6, 6.07) is 3.33. The Balaban J connectivity index is 2.14. The Morgan fingerprint density at radius 2 is 1.88 bits per heavy atom. The Bertz CT molecular complexity index is 586. The molecule has 1 aromatic heterocycles. The Morgan fingerprint density at radius 3 is 2.38 bits per heavy atom. The van der Waals surface area contributed by atoms with E-state index in [4.69, 9.17) is 27.6 Å². The molecule has 2 atom stereocenters. The van der Waals surface area contributed by atoms with Gasteiger partial charge < -0.3 is 15.1 Å². The highest BCUT2D eigenvalue weighted by molar-refractivity contribution is 6.73. The molecule has 0 aromatic carbocycles. The molecule has 0 bridgehead atoms. The molecule has 8 heteroatoms. The standard InChI is InChI=1S/C18H29Cl2N3O2Si/c1-4-26(5-2,6-3)25-16(18-14(19)10-22-11-15(18)20)12-21-9-13-7-8-17(24)23-13/h10-11,13,16,21H,4-9,12H2,1-3H3,(H,23,24)/t13-,16?/m0/s1. The minimum absolute atomic E-state index is 0.124. The lowest BCUT2D eigenvalue weighted by Crippen LogP contribution is -2.42. The lowest BCUT2D eigenvalue weighted by atomic mass is 10.1. The number of aromatic nitrogens is 1. The van der Waals surface area contributed by atoms with Gasteiger partial charge >= 0.3 is 0 Å². The second-order valence-corrected chi connectivity index (χ2v) is 12.4. The number of halogens is 2. The van der Waals surface area contributed by atoms with Gasteiger partial charge in [0.25, 0.3) is 0 Å². The first-order valence-corrected chi connectivity index (χ1v) is 12.7. The molecule has 0 saturated carbocycles. The number of hydrogen-bond donors (Lipinski definition) is 2. The number of carbonyl (C=O) groups excluding carboxylic acids is 1. The first-order valence-electron chi connectivity index (χ1n) is 9.41. The summed E-state index contributed by atoms with van der Waals surface area (Å²) in [5, 5.41) is 7.48. The third-order valence-electron chi connectivity index (χ3n) is 5.34. The van der Waals surface area contributed by atoms with E-state index in [1.165, 1.54) is 0 Å². The molecule has 1 aromatic rings. The van der Waals surface area contributed by atoms with E-state index in [0.717, 1.165) is 30.1 Å². The minimum atomic E-state index is -1.85. The molecule has 0 aliphatic carbocycles. The molecule has 1 fully saturated rings. The van der Waals surface area contributed by atoms with Crippen LogP contribution < -0.4 is 10.6 Å². The summed E-state index contributed by atoms with van der Waals surface area (Å²) in [5.74, 6) is 0.124. The van der Waals surface area contributed by atoms with E-state index in [1.807, 2.05) is 0 Å². The van der Waals surface area contributed by atoms with Gasteiger partial charge in [-0.3, -0.25) is 9.78 Å². The molecule has 1 saturated heterocycles. The molecule has 1 unspecified atom stereocenters. The van der Waals surface area contributed by atoms with E-state index < -0.39 is 8.32 Å². The van der Waals surface area contributed by atoms with Crippen LogP contribution in [0.2, 0.25) is 28.2 Å². The predicted octanol–water partition coefficient (Wildman–Crippen LogP) is 4.32. The molecule has 1 aliphatic rings. The van der Waals surface area contributed by atoms with Crippen molar-refractivity contribution < 1.29 is 9.22 Å². The van der Waals surface area contributed by atoms with Crippen LogP contribution in [0.15, 0.2) is 12.4 Å². The third kappa shape index (κ3) is 5.42. The van der Waals surface area contributed by atoms with Gasteiger partial charge in [-0.1, -0.05) is 44.0 Å². The van der Waals surface area contributed by atoms with Crippen molar-refractivity contribution in [3.63, 3.8) is 0 Å². The van der Waals surface area contributed by atoms with Gasteiger partial charge in [0.1, 0.15) is 0 Å². The zero-order chi connectivity index (χ0) is 19.2. The zero-order valence-electron chi connectivity index (χ0n) is 15.8. The Kier molecular flexibility index (Phi) is 8.35. The molecule has 146 valence electrons. The van der Waals surface area contributed by atoms with Crippen LogP contribution in [0.5, 0.6) is 0 Å². The van der Waals surface area contributed by atoms with E-state index in [0.29, 0.717) is 29.6 Å². The maximum absolute atomic E-state index is 11.4. The van der Waals surface area contributed by atoms with Crippen molar-refractivity contribution in [3.8, 4) is 0 Å². The maximum Gasteiger partial charge on any atom is 0.220 e. The largest absolute Gasteiger partial charge is 0.409 e. The average molecular weight is 418 g/mol. The second kappa shape index (κ2) is 10.0. The molecule has 2 N–H and O–H groups in total. The Morgan fingerprint density at radius 1 is 1.27 bits per heavy atom. The van der Waals surface area contributed by atoms with Gasteiger partial charge in [-0.2, -0.15) is 0 Å². The average Bonchev–Trinajstić information content (AvgIpc) is 3.04. The van der Waals surface area contributed by atoms with E-state index in [9.17, 15) is 4.79 Å². The van der Waals surface area contributed by atoms with Crippen LogP contribution in [0.1, 0.15) is 45.3 Å². The monoisotopic (exact) mass is 417 g/mol. The summed E-state index contributed by atoms with van der Waals surface area (Å²) >= 11 is 12.8. The molecular weight excluding hydrogens is 389 g/mol. The van der Waals surface area contributed by atoms with E-state index in [-0.39, 0.29) is 18.1 Å². The van der Waals surface area contributed by atoms with Gasteiger partial charge in [0.15, 0.2) is 8.32 Å². The molecule has 1 amide bonds. The summed E-state index contributed by atoms with van der Waals surface area (Å²) in [6.45, 7) is 7.92. The van der Waals surface area contributed by atoms with E-state index >= 15 is 0 Å². The maximum atomic E-state index is 11.4. The predicted molar refractivity (Wildman–Crippen MR) is 109 cm³/mol. The summed E-state index contributed by atoms with van der Waals surface area (Å²) in [7, 11) is -1.85. The molecule has 2 rings (SSSR count). The van der Waals surface area contributed by atoms with E-state index in [2.05, 4.69) is 36.4 Å². The Labute approximate surface area is 167 Å². The summed E-state index contributed by atoms with van der Waals surface area (Å²) < 4.78 is 6.71. The first-order chi connectivity index (χ1) is 12.4. The number of nitrogens with one attached hydrogen (secondary N) is 2. The molecule has 1 aliphatic heterocycles. The van der Waals surface area contributed by atoms with Crippen LogP contribution in [-0.4, -0.2) is 38.3 Å². The van der Waals surface area contributed by atoms with Crippen LogP contribution in [0.25, 0.3) is 0 Å². The molecular formula is C18H29Cl2N3O2Si. The number of hydrogen-bond acceptors (Lipinski definition) is 4. The van der Waals surface area contributed by atoms with Crippen LogP contribution in [0.4, 0.5) is 0 Å². The Hall–Kier alpha value is -0.663. The molecule has 0 spiro atoms. The highest BCUT2D eigenvalue weighted by Crippen LogP contribution is 2.36. The van der Waals surface area contributed by atoms with Crippen molar-refractivity contribution in [2.75, 3.05) is 13.1 Å². The second-order valence-electron chi connectivity index (χ2n) is 6.83. The van der Waals surface area contributed by atoms with Gasteiger partial charge in [0.2, 0.25) is 5.91 Å². The van der Waals surface area contributed by atoms with E-state index in [1.54, 1.807) is 12.4 Å². The van der Waals surface area contributed by atoms with Gasteiger partial charge in [-0.15, -0.1) is 0 Å². The summed E-state index contributed by atoms with van der Waals surface area (Å²) in [5.41, 5.74) is 0.804. The van der Waals surface area contributed by atoms with Gasteiger partial charge in [0.05, 0.1) is 16.1 Å². The van der Waals surface area contributed by atoms with Crippen molar-refractivity contribution in [3.05, 3.63) is 28.0 Å². The SMILES string of the molecule is CC[Si](CC)(CC)OC(CNC[C@@H]1CCC(=O)N1)c1c(Cl)cncc1Cl. The lowest BCUT2D eigenvalue weighted by Gasteiger charge is -2.34. The summed E-state index contributed by atoms with van der Waals surface area (Å²) in [4.78, 5) is 15.4. The first kappa shape index (κ1) is 21.6. The number of carbonyl (C=O) groups is 1. The molecule has 2 heterocycles. The smallest absolute Gasteiger partial charge is 0.220 e. The quantitative estimate of drug-likeness (QED) is 0.556. The molecule has 5 nitrogen and oxygen atoms in total. The van der Waals surface area contributed by atoms with Crippen molar-refractivity contribution in [1.29, 1.82) is 0 Å². The normalized spacial score (nSPS) is 18.8. The number of amides is 1. The van der Waals surface area contributed by atoms with Gasteiger partial charge in [-0.05, 0) is 24.6 Å². The number of nitrogens with zero attached hydrogens (tertiary/aromatic N) is 1. The highest BCUT2D eigenvalue weighted by Gasteiger charge is 2.34. The van der Waals surface area contributed by atoms with Crippen molar-refractivity contribution >= 4 is 37.4 Å². The van der Waals surface area contributed by atoms with Crippen molar-refractivity contribution in [2.45, 2.75) is 63.9 Å². The highest BCUT2D eigenvalue weighted by atomic mass is 35.5. The minimum Gasteiger partial charge on any atom is -0.409 e. The molecule has 0 radical (unpaired) electrons. The number of rotatable bonds is 10. The van der Waals surface area contributed by atoms with Crippen molar-refractivity contribution in [1.82, 2.24) is 15.6 Å². The fourth-order valence-corrected chi connectivity index (χ4v) is 6.87. The van der Waals surface area contributed by atoms with Gasteiger partial charge in [-0.25, -0.2) is 0 Å². The van der Waals surface area contributed by atoms with Crippen LogP contribution in [0.3, 0.4) is 0 Å². The zero-order valence-corrected chi connectivity index (χ0v) is 18.3. The van der Waals surface area contributed by atoms with Gasteiger partial charge in [0, 0.05) is 43.5 Å². The topological polar surface area (TPSA) is 63.2 Å². The van der Waals surface area contributed by atoms with Crippen molar-refractivity contribution in [2.24, 2.45) is 0 Å². The fraction of sp³-hybridized carbons (Fsp3) is 0.667. The van der Waals surface area contributed by atoms with Crippen LogP contribution >= 0.6 is 23.2 Å². The summed E-state index contributed by atoms with van der Waals surface area (Å²) in [6.07, 6.45) is 4.48.